The van der Waals surface area contributed by atoms with Crippen LogP contribution in [-0.2, 0) is 4.79 Å². The first-order chi connectivity index (χ1) is 9.06. The molecule has 1 aliphatic rings. The third-order valence-electron chi connectivity index (χ3n) is 3.17. The zero-order chi connectivity index (χ0) is 14.0. The summed E-state index contributed by atoms with van der Waals surface area (Å²) >= 11 is 5.08. The van der Waals surface area contributed by atoms with Gasteiger partial charge in [0.15, 0.2) is 0 Å². The molecule has 0 radical (unpaired) electrons. The van der Waals surface area contributed by atoms with E-state index < -0.39 is 23.7 Å². The van der Waals surface area contributed by atoms with Crippen molar-refractivity contribution in [2.75, 3.05) is 0 Å². The second-order valence-electron chi connectivity index (χ2n) is 4.30. The summed E-state index contributed by atoms with van der Waals surface area (Å²) in [6.07, 6.45) is 0. The lowest BCUT2D eigenvalue weighted by Gasteiger charge is -2.31. The number of nitriles is 1. The highest BCUT2D eigenvalue weighted by Crippen LogP contribution is 2.36. The van der Waals surface area contributed by atoms with E-state index in [1.165, 1.54) is 0 Å². The number of rotatable bonds is 2. The number of hydrogen-bond donors (Lipinski definition) is 2. The molecule has 0 aliphatic carbocycles. The molecule has 3 unspecified atom stereocenters. The molecule has 96 valence electrons. The SMILES string of the molecule is N#CC1C(N)=NC(=S)C(C(N)=O)C1c1ccccc1. The van der Waals surface area contributed by atoms with E-state index in [9.17, 15) is 10.1 Å². The number of hydrogen-bond acceptors (Lipinski definition) is 4. The van der Waals surface area contributed by atoms with Crippen LogP contribution in [0.5, 0.6) is 0 Å². The maximum atomic E-state index is 11.6. The zero-order valence-electron chi connectivity index (χ0n) is 9.98. The van der Waals surface area contributed by atoms with E-state index in [0.717, 1.165) is 5.56 Å². The second kappa shape index (κ2) is 5.16. The van der Waals surface area contributed by atoms with Gasteiger partial charge in [-0.25, -0.2) is 4.99 Å². The van der Waals surface area contributed by atoms with Crippen molar-refractivity contribution in [1.29, 1.82) is 5.26 Å². The molecule has 0 saturated heterocycles. The Morgan fingerprint density at radius 2 is 2.00 bits per heavy atom. The Bertz CT molecular complexity index is 590. The Hall–Kier alpha value is -2.26. The average Bonchev–Trinajstić information content (AvgIpc) is 2.38. The van der Waals surface area contributed by atoms with E-state index >= 15 is 0 Å². The topological polar surface area (TPSA) is 105 Å². The van der Waals surface area contributed by atoms with Crippen LogP contribution in [0, 0.1) is 23.2 Å². The maximum Gasteiger partial charge on any atom is 0.228 e. The van der Waals surface area contributed by atoms with Crippen molar-refractivity contribution in [1.82, 2.24) is 0 Å². The maximum absolute atomic E-state index is 11.6. The van der Waals surface area contributed by atoms with Crippen LogP contribution < -0.4 is 11.5 Å². The molecule has 19 heavy (non-hydrogen) atoms. The van der Waals surface area contributed by atoms with E-state index in [4.69, 9.17) is 23.7 Å². The molecule has 0 saturated carbocycles. The highest BCUT2D eigenvalue weighted by molar-refractivity contribution is 7.80. The van der Waals surface area contributed by atoms with Crippen molar-refractivity contribution < 1.29 is 4.79 Å². The number of carbonyl (C=O) groups is 1. The van der Waals surface area contributed by atoms with Crippen LogP contribution >= 0.6 is 12.2 Å². The number of thiocarbonyl (C=S) groups is 1. The van der Waals surface area contributed by atoms with E-state index in [0.29, 0.717) is 0 Å². The summed E-state index contributed by atoms with van der Waals surface area (Å²) in [7, 11) is 0. The predicted molar refractivity (Wildman–Crippen MR) is 75.2 cm³/mol. The Labute approximate surface area is 115 Å². The van der Waals surface area contributed by atoms with Gasteiger partial charge in [0.05, 0.1) is 12.0 Å². The van der Waals surface area contributed by atoms with Gasteiger partial charge in [-0.1, -0.05) is 42.5 Å². The molecule has 1 amide bonds. The zero-order valence-corrected chi connectivity index (χ0v) is 10.8. The molecule has 0 fully saturated rings. The van der Waals surface area contributed by atoms with Crippen molar-refractivity contribution in [3.05, 3.63) is 35.9 Å². The Morgan fingerprint density at radius 1 is 1.37 bits per heavy atom. The smallest absolute Gasteiger partial charge is 0.228 e. The molecule has 0 bridgehead atoms. The Balaban J connectivity index is 2.57. The molecule has 2 rings (SSSR count). The van der Waals surface area contributed by atoms with E-state index in [-0.39, 0.29) is 10.8 Å². The minimum atomic E-state index is -0.783. The minimum absolute atomic E-state index is 0.138. The third kappa shape index (κ3) is 2.33. The normalized spacial score (nSPS) is 26.4. The van der Waals surface area contributed by atoms with Gasteiger partial charge in [-0.05, 0) is 5.56 Å². The lowest BCUT2D eigenvalue weighted by Crippen LogP contribution is -2.45. The van der Waals surface area contributed by atoms with Gasteiger partial charge in [-0.15, -0.1) is 0 Å². The first kappa shape index (κ1) is 13.2. The van der Waals surface area contributed by atoms with Gasteiger partial charge >= 0.3 is 0 Å². The largest absolute Gasteiger partial charge is 0.386 e. The number of benzene rings is 1. The van der Waals surface area contributed by atoms with Gasteiger partial charge in [-0.3, -0.25) is 4.79 Å². The van der Waals surface area contributed by atoms with Crippen LogP contribution in [0.15, 0.2) is 35.3 Å². The van der Waals surface area contributed by atoms with Crippen LogP contribution in [0.25, 0.3) is 0 Å². The summed E-state index contributed by atoms with van der Waals surface area (Å²) in [6.45, 7) is 0. The number of nitrogens with two attached hydrogens (primary N) is 2. The second-order valence-corrected chi connectivity index (χ2v) is 4.72. The minimum Gasteiger partial charge on any atom is -0.386 e. The summed E-state index contributed by atoms with van der Waals surface area (Å²) in [5, 5.41) is 9.27. The molecule has 6 heteroatoms. The van der Waals surface area contributed by atoms with Crippen LogP contribution in [0.2, 0.25) is 0 Å². The first-order valence-electron chi connectivity index (χ1n) is 5.68. The standard InChI is InChI=1S/C13H12N4OS/c14-6-8-9(7-4-2-1-3-5-7)10(12(16)18)13(19)17-11(8)15/h1-5,8-10H,(H2,16,18)(H2,15,17,19). The molecule has 1 aromatic rings. The van der Waals surface area contributed by atoms with Gasteiger partial charge in [0, 0.05) is 5.92 Å². The van der Waals surface area contributed by atoms with E-state index in [2.05, 4.69) is 11.1 Å². The fraction of sp³-hybridized carbons (Fsp3) is 0.231. The van der Waals surface area contributed by atoms with Gasteiger partial charge in [-0.2, -0.15) is 5.26 Å². The van der Waals surface area contributed by atoms with Gasteiger partial charge in [0.25, 0.3) is 0 Å². The lowest BCUT2D eigenvalue weighted by molar-refractivity contribution is -0.120. The van der Waals surface area contributed by atoms with Crippen LogP contribution in [0.3, 0.4) is 0 Å². The van der Waals surface area contributed by atoms with E-state index in [1.807, 2.05) is 30.3 Å². The molecule has 4 N–H and O–H groups in total. The van der Waals surface area contributed by atoms with Crippen LogP contribution in [0.1, 0.15) is 11.5 Å². The van der Waals surface area contributed by atoms with Crippen molar-refractivity contribution in [2.45, 2.75) is 5.92 Å². The van der Waals surface area contributed by atoms with Crippen molar-refractivity contribution in [3.63, 3.8) is 0 Å². The lowest BCUT2D eigenvalue weighted by atomic mass is 9.74. The quantitative estimate of drug-likeness (QED) is 0.773. The van der Waals surface area contributed by atoms with Crippen LogP contribution in [-0.4, -0.2) is 16.7 Å². The number of amidine groups is 1. The summed E-state index contributed by atoms with van der Waals surface area (Å²) in [6, 6.07) is 11.2. The molecule has 0 spiro atoms. The van der Waals surface area contributed by atoms with E-state index in [1.54, 1.807) is 0 Å². The summed E-state index contributed by atoms with van der Waals surface area (Å²) in [5.41, 5.74) is 12.0. The number of nitrogens with zero attached hydrogens (tertiary/aromatic N) is 2. The van der Waals surface area contributed by atoms with Crippen molar-refractivity contribution in [2.24, 2.45) is 28.3 Å². The van der Waals surface area contributed by atoms with Crippen molar-refractivity contribution in [3.8, 4) is 6.07 Å². The van der Waals surface area contributed by atoms with Gasteiger partial charge in [0.2, 0.25) is 5.91 Å². The Morgan fingerprint density at radius 3 is 2.53 bits per heavy atom. The fourth-order valence-electron chi connectivity index (χ4n) is 2.30. The fourth-order valence-corrected chi connectivity index (χ4v) is 2.67. The number of aliphatic imine (C=N–C) groups is 1. The number of carbonyl (C=O) groups excluding carboxylic acids is 1. The highest BCUT2D eigenvalue weighted by atomic mass is 32.1. The predicted octanol–water partition coefficient (Wildman–Crippen LogP) is 0.710. The summed E-state index contributed by atoms with van der Waals surface area (Å²) < 4.78 is 0. The van der Waals surface area contributed by atoms with Gasteiger partial charge < -0.3 is 11.5 Å². The molecule has 3 atom stereocenters. The number of primary amides is 1. The monoisotopic (exact) mass is 272 g/mol. The van der Waals surface area contributed by atoms with Crippen LogP contribution in [0.4, 0.5) is 0 Å². The Kier molecular flexibility index (Phi) is 3.58. The molecule has 1 aliphatic heterocycles. The molecule has 1 aromatic carbocycles. The highest BCUT2D eigenvalue weighted by Gasteiger charge is 2.42. The summed E-state index contributed by atoms with van der Waals surface area (Å²) in [4.78, 5) is 15.7. The molecule has 1 heterocycles. The molecular weight excluding hydrogens is 260 g/mol. The third-order valence-corrected chi connectivity index (χ3v) is 3.52. The first-order valence-corrected chi connectivity index (χ1v) is 6.09. The van der Waals surface area contributed by atoms with Crippen molar-refractivity contribution >= 4 is 28.9 Å². The average molecular weight is 272 g/mol. The summed E-state index contributed by atoms with van der Waals surface area (Å²) in [5.74, 6) is -2.41. The molecule has 5 nitrogen and oxygen atoms in total. The molecule has 0 aromatic heterocycles. The van der Waals surface area contributed by atoms with Gasteiger partial charge in [0.1, 0.15) is 16.7 Å². The number of amides is 1. The molecular formula is C13H12N4OS.